The lowest BCUT2D eigenvalue weighted by molar-refractivity contribution is -0.973. The highest BCUT2D eigenvalue weighted by Crippen LogP contribution is 2.28. The first-order valence-electron chi connectivity index (χ1n) is 6.93. The van der Waals surface area contributed by atoms with Gasteiger partial charge in [0.25, 0.3) is 0 Å². The lowest BCUT2D eigenvalue weighted by atomic mass is 10.1. The van der Waals surface area contributed by atoms with Crippen molar-refractivity contribution in [2.45, 2.75) is 0 Å². The van der Waals surface area contributed by atoms with E-state index in [1.807, 2.05) is 12.1 Å². The molecule has 106 valence electrons. The van der Waals surface area contributed by atoms with Gasteiger partial charge in [-0.3, -0.25) is 9.28 Å². The molecule has 4 heterocycles. The SMILES string of the molecule is O=C(C[N+]12CN3CN(CN(C3)C1)C2)c1ccc(Cl)cc1. The Morgan fingerprint density at radius 2 is 1.50 bits per heavy atom. The highest BCUT2D eigenvalue weighted by Gasteiger charge is 2.49. The molecule has 1 aromatic rings. The minimum atomic E-state index is 0.215. The summed E-state index contributed by atoms with van der Waals surface area (Å²) in [6.07, 6.45) is 0. The van der Waals surface area contributed by atoms with Gasteiger partial charge in [0, 0.05) is 10.6 Å². The van der Waals surface area contributed by atoms with Crippen LogP contribution in [0.1, 0.15) is 10.4 Å². The Balaban J connectivity index is 1.53. The van der Waals surface area contributed by atoms with Crippen molar-refractivity contribution in [3.63, 3.8) is 0 Å². The Labute approximate surface area is 123 Å². The fraction of sp³-hybridized carbons (Fsp3) is 0.500. The summed E-state index contributed by atoms with van der Waals surface area (Å²) in [6.45, 7) is 6.69. The number of halogens is 1. The summed E-state index contributed by atoms with van der Waals surface area (Å²) in [7, 11) is 0. The van der Waals surface area contributed by atoms with Gasteiger partial charge in [-0.25, -0.2) is 14.7 Å². The van der Waals surface area contributed by atoms with E-state index in [9.17, 15) is 4.79 Å². The Hall–Kier alpha value is -0.980. The Morgan fingerprint density at radius 3 is 2.00 bits per heavy atom. The average molecular weight is 294 g/mol. The first-order valence-corrected chi connectivity index (χ1v) is 7.31. The minimum Gasteiger partial charge on any atom is -0.288 e. The van der Waals surface area contributed by atoms with Crippen molar-refractivity contribution in [3.05, 3.63) is 34.9 Å². The van der Waals surface area contributed by atoms with E-state index in [1.54, 1.807) is 12.1 Å². The summed E-state index contributed by atoms with van der Waals surface area (Å²) in [5.41, 5.74) is 0.767. The molecule has 4 aliphatic rings. The van der Waals surface area contributed by atoms with Crippen LogP contribution in [0.2, 0.25) is 5.02 Å². The van der Waals surface area contributed by atoms with E-state index in [4.69, 9.17) is 11.6 Å². The molecule has 4 bridgehead atoms. The standard InChI is InChI=1S/C14H18ClN4O/c15-13-3-1-12(2-4-13)14(20)5-19-9-16-6-17(10-19)8-18(7-16)11-19/h1-4H,5-11H2/q+1. The molecule has 0 saturated carbocycles. The van der Waals surface area contributed by atoms with Gasteiger partial charge in [-0.2, -0.15) is 0 Å². The number of carbonyl (C=O) groups excluding carboxylic acids is 1. The van der Waals surface area contributed by atoms with Crippen LogP contribution in [0.4, 0.5) is 0 Å². The van der Waals surface area contributed by atoms with Gasteiger partial charge in [-0.05, 0) is 24.3 Å². The number of Topliss-reactive ketones (excluding diaryl/α,β-unsaturated/α-hetero) is 1. The maximum Gasteiger partial charge on any atom is 0.217 e. The van der Waals surface area contributed by atoms with Crippen molar-refractivity contribution in [3.8, 4) is 0 Å². The molecule has 0 atom stereocenters. The van der Waals surface area contributed by atoms with Crippen LogP contribution in [0.15, 0.2) is 24.3 Å². The molecule has 0 spiro atoms. The molecule has 1 aromatic carbocycles. The number of nitrogens with zero attached hydrogens (tertiary/aromatic N) is 4. The van der Waals surface area contributed by atoms with Crippen LogP contribution in [0.5, 0.6) is 0 Å². The Bertz CT molecular complexity index is 509. The van der Waals surface area contributed by atoms with Gasteiger partial charge in [-0.1, -0.05) is 11.6 Å². The molecule has 5 nitrogen and oxygen atoms in total. The summed E-state index contributed by atoms with van der Waals surface area (Å²) >= 11 is 5.88. The van der Waals surface area contributed by atoms with Crippen LogP contribution in [-0.2, 0) is 0 Å². The van der Waals surface area contributed by atoms with Crippen LogP contribution in [-0.4, -0.2) is 71.5 Å². The van der Waals surface area contributed by atoms with Crippen LogP contribution >= 0.6 is 11.6 Å². The molecule has 0 N–H and O–H groups in total. The van der Waals surface area contributed by atoms with Gasteiger partial charge < -0.3 is 0 Å². The highest BCUT2D eigenvalue weighted by molar-refractivity contribution is 6.30. The Morgan fingerprint density at radius 1 is 1.00 bits per heavy atom. The molecule has 0 radical (unpaired) electrons. The third-order valence-electron chi connectivity index (χ3n) is 4.35. The summed E-state index contributed by atoms with van der Waals surface area (Å²) < 4.78 is 0.849. The second kappa shape index (κ2) is 4.51. The lowest BCUT2D eigenvalue weighted by Crippen LogP contribution is -2.79. The molecule has 0 unspecified atom stereocenters. The van der Waals surface area contributed by atoms with Gasteiger partial charge in [0.2, 0.25) is 5.78 Å². The van der Waals surface area contributed by atoms with Crippen molar-refractivity contribution in [1.29, 1.82) is 0 Å². The quantitative estimate of drug-likeness (QED) is 0.614. The maximum absolute atomic E-state index is 12.5. The van der Waals surface area contributed by atoms with Crippen molar-refractivity contribution in [2.75, 3.05) is 46.6 Å². The van der Waals surface area contributed by atoms with Crippen molar-refractivity contribution in [1.82, 2.24) is 14.7 Å². The Kier molecular flexibility index (Phi) is 2.87. The predicted octanol–water partition coefficient (Wildman–Crippen LogP) is 1.03. The predicted molar refractivity (Wildman–Crippen MR) is 75.6 cm³/mol. The fourth-order valence-electron chi connectivity index (χ4n) is 3.84. The topological polar surface area (TPSA) is 26.8 Å². The number of benzene rings is 1. The molecule has 0 amide bonds. The fourth-order valence-corrected chi connectivity index (χ4v) is 3.97. The van der Waals surface area contributed by atoms with Crippen molar-refractivity contribution in [2.24, 2.45) is 0 Å². The summed E-state index contributed by atoms with van der Waals surface area (Å²) in [6, 6.07) is 7.24. The summed E-state index contributed by atoms with van der Waals surface area (Å²) in [5.74, 6) is 0.215. The number of hydrogen-bond donors (Lipinski definition) is 0. The van der Waals surface area contributed by atoms with Crippen LogP contribution in [0.25, 0.3) is 0 Å². The van der Waals surface area contributed by atoms with Gasteiger partial charge in [0.05, 0.1) is 20.0 Å². The lowest BCUT2D eigenvalue weighted by Gasteiger charge is -2.60. The first-order chi connectivity index (χ1) is 9.62. The molecule has 20 heavy (non-hydrogen) atoms. The number of rotatable bonds is 3. The van der Waals surface area contributed by atoms with Crippen LogP contribution in [0, 0.1) is 0 Å². The zero-order valence-corrected chi connectivity index (χ0v) is 12.1. The second-order valence-electron chi connectivity index (χ2n) is 6.29. The molecular formula is C14H18ClN4O+. The van der Waals surface area contributed by atoms with Crippen LogP contribution < -0.4 is 0 Å². The molecule has 5 rings (SSSR count). The van der Waals surface area contributed by atoms with E-state index >= 15 is 0 Å². The number of ketones is 1. The molecule has 6 heteroatoms. The number of quaternary nitrogens is 1. The molecule has 0 aliphatic carbocycles. The van der Waals surface area contributed by atoms with Crippen molar-refractivity contribution >= 4 is 17.4 Å². The third kappa shape index (κ3) is 2.16. The van der Waals surface area contributed by atoms with E-state index in [0.717, 1.165) is 50.1 Å². The van der Waals surface area contributed by atoms with Crippen LogP contribution in [0.3, 0.4) is 0 Å². The number of carbonyl (C=O) groups is 1. The van der Waals surface area contributed by atoms with E-state index in [1.165, 1.54) is 0 Å². The monoisotopic (exact) mass is 293 g/mol. The van der Waals surface area contributed by atoms with Gasteiger partial charge >= 0.3 is 0 Å². The van der Waals surface area contributed by atoms with Gasteiger partial charge in [0.15, 0.2) is 0 Å². The molecule has 4 aliphatic heterocycles. The third-order valence-corrected chi connectivity index (χ3v) is 4.60. The normalized spacial score (nSPS) is 38.1. The zero-order chi connectivity index (χ0) is 13.7. The molecule has 4 fully saturated rings. The second-order valence-corrected chi connectivity index (χ2v) is 6.73. The highest BCUT2D eigenvalue weighted by atomic mass is 35.5. The van der Waals surface area contributed by atoms with E-state index in [0.29, 0.717) is 11.6 Å². The average Bonchev–Trinajstić information content (AvgIpc) is 2.37. The van der Waals surface area contributed by atoms with Gasteiger partial charge in [-0.15, -0.1) is 0 Å². The first kappa shape index (κ1) is 12.7. The summed E-state index contributed by atoms with van der Waals surface area (Å²) in [4.78, 5) is 19.8. The molecule has 0 aromatic heterocycles. The van der Waals surface area contributed by atoms with Gasteiger partial charge in [0.1, 0.15) is 26.6 Å². The van der Waals surface area contributed by atoms with E-state index < -0.39 is 0 Å². The zero-order valence-electron chi connectivity index (χ0n) is 11.3. The molecule has 4 saturated heterocycles. The van der Waals surface area contributed by atoms with E-state index in [2.05, 4.69) is 14.7 Å². The summed E-state index contributed by atoms with van der Waals surface area (Å²) in [5, 5.41) is 0.675. The largest absolute Gasteiger partial charge is 0.288 e. The smallest absolute Gasteiger partial charge is 0.217 e. The molecular weight excluding hydrogens is 276 g/mol. The maximum atomic E-state index is 12.5. The number of hydrogen-bond acceptors (Lipinski definition) is 4. The van der Waals surface area contributed by atoms with Crippen molar-refractivity contribution < 1.29 is 9.28 Å². The minimum absolute atomic E-state index is 0.215. The van der Waals surface area contributed by atoms with E-state index in [-0.39, 0.29) is 5.78 Å².